The molecule has 1 heterocycles. The van der Waals surface area contributed by atoms with Gasteiger partial charge >= 0.3 is 5.97 Å². The highest BCUT2D eigenvalue weighted by atomic mass is 79.9. The monoisotopic (exact) mass is 354 g/mol. The molecule has 1 N–H and O–H groups in total. The third-order valence-corrected chi connectivity index (χ3v) is 4.08. The number of nitrogens with zero attached hydrogens (tertiary/aromatic N) is 2. The van der Waals surface area contributed by atoms with Crippen LogP contribution in [0.15, 0.2) is 22.7 Å². The van der Waals surface area contributed by atoms with E-state index in [9.17, 15) is 9.90 Å². The zero-order valence-electron chi connectivity index (χ0n) is 11.9. The van der Waals surface area contributed by atoms with Gasteiger partial charge in [-0.25, -0.2) is 4.79 Å². The molecular weight excluding hydrogens is 340 g/mol. The lowest BCUT2D eigenvalue weighted by Gasteiger charge is -2.11. The van der Waals surface area contributed by atoms with Gasteiger partial charge in [0.05, 0.1) is 23.0 Å². The Kier molecular flexibility index (Phi) is 4.52. The summed E-state index contributed by atoms with van der Waals surface area (Å²) < 4.78 is 13.3. The summed E-state index contributed by atoms with van der Waals surface area (Å²) in [5, 5.41) is 13.5. The van der Waals surface area contributed by atoms with E-state index in [0.717, 1.165) is 15.9 Å². The van der Waals surface area contributed by atoms with E-state index >= 15 is 0 Å². The van der Waals surface area contributed by atoms with E-state index in [2.05, 4.69) is 21.0 Å². The standard InChI is InChI=1S/C14H15BrN2O4/c1-8-13(15)11(17(2)16-8)7-21-12-6-9(20-3)4-5-10(12)14(18)19/h4-6H,7H2,1-3H3,(H,18,19). The average Bonchev–Trinajstić information content (AvgIpc) is 2.69. The van der Waals surface area contributed by atoms with Crippen molar-refractivity contribution >= 4 is 21.9 Å². The van der Waals surface area contributed by atoms with Gasteiger partial charge in [0.15, 0.2) is 0 Å². The maximum absolute atomic E-state index is 11.2. The zero-order chi connectivity index (χ0) is 15.6. The highest BCUT2D eigenvalue weighted by molar-refractivity contribution is 9.10. The maximum atomic E-state index is 11.2. The van der Waals surface area contributed by atoms with Crippen molar-refractivity contribution in [3.8, 4) is 11.5 Å². The molecule has 0 radical (unpaired) electrons. The van der Waals surface area contributed by atoms with Gasteiger partial charge in [0.1, 0.15) is 23.7 Å². The van der Waals surface area contributed by atoms with Crippen LogP contribution in [-0.4, -0.2) is 28.0 Å². The number of hydrogen-bond donors (Lipinski definition) is 1. The molecule has 0 saturated carbocycles. The number of halogens is 1. The topological polar surface area (TPSA) is 73.6 Å². The molecule has 1 aromatic carbocycles. The van der Waals surface area contributed by atoms with E-state index in [1.165, 1.54) is 13.2 Å². The van der Waals surface area contributed by atoms with Crippen LogP contribution in [0.2, 0.25) is 0 Å². The van der Waals surface area contributed by atoms with Crippen LogP contribution in [0, 0.1) is 6.92 Å². The van der Waals surface area contributed by atoms with E-state index in [-0.39, 0.29) is 17.9 Å². The number of aromatic carboxylic acids is 1. The van der Waals surface area contributed by atoms with Crippen LogP contribution in [-0.2, 0) is 13.7 Å². The molecule has 6 nitrogen and oxygen atoms in total. The molecule has 7 heteroatoms. The van der Waals surface area contributed by atoms with Gasteiger partial charge in [-0.15, -0.1) is 0 Å². The summed E-state index contributed by atoms with van der Waals surface area (Å²) in [7, 11) is 3.32. The van der Waals surface area contributed by atoms with Crippen molar-refractivity contribution < 1.29 is 19.4 Å². The highest BCUT2D eigenvalue weighted by Crippen LogP contribution is 2.27. The van der Waals surface area contributed by atoms with E-state index < -0.39 is 5.97 Å². The third-order valence-electron chi connectivity index (χ3n) is 3.05. The first kappa shape index (κ1) is 15.4. The van der Waals surface area contributed by atoms with Gasteiger partial charge in [-0.2, -0.15) is 5.10 Å². The quantitative estimate of drug-likeness (QED) is 0.893. The molecule has 1 aromatic heterocycles. The minimum atomic E-state index is -1.05. The molecule has 0 unspecified atom stereocenters. The largest absolute Gasteiger partial charge is 0.497 e. The molecule has 0 amide bonds. The first-order chi connectivity index (χ1) is 9.93. The lowest BCUT2D eigenvalue weighted by atomic mass is 10.2. The van der Waals surface area contributed by atoms with Crippen molar-refractivity contribution in [2.45, 2.75) is 13.5 Å². The van der Waals surface area contributed by atoms with Crippen molar-refractivity contribution in [2.75, 3.05) is 7.11 Å². The molecule has 2 rings (SSSR count). The molecule has 0 aliphatic carbocycles. The average molecular weight is 355 g/mol. The Labute approximate surface area is 130 Å². The molecule has 21 heavy (non-hydrogen) atoms. The van der Waals surface area contributed by atoms with Gasteiger partial charge in [0.25, 0.3) is 0 Å². The Morgan fingerprint density at radius 2 is 2.19 bits per heavy atom. The lowest BCUT2D eigenvalue weighted by Crippen LogP contribution is -2.07. The molecule has 0 aliphatic heterocycles. The van der Waals surface area contributed by atoms with Gasteiger partial charge in [-0.3, -0.25) is 4.68 Å². The van der Waals surface area contributed by atoms with Crippen LogP contribution in [0.5, 0.6) is 11.5 Å². The van der Waals surface area contributed by atoms with Gasteiger partial charge in [0, 0.05) is 13.1 Å². The molecule has 0 spiro atoms. The molecule has 0 atom stereocenters. The van der Waals surface area contributed by atoms with E-state index in [1.54, 1.807) is 23.9 Å². The second-order valence-electron chi connectivity index (χ2n) is 4.43. The molecule has 0 saturated heterocycles. The Morgan fingerprint density at radius 1 is 1.48 bits per heavy atom. The van der Waals surface area contributed by atoms with Crippen LogP contribution in [0.4, 0.5) is 0 Å². The number of methoxy groups -OCH3 is 1. The Balaban J connectivity index is 2.28. The van der Waals surface area contributed by atoms with Gasteiger partial charge in [-0.1, -0.05) is 0 Å². The summed E-state index contributed by atoms with van der Waals surface area (Å²) in [6.07, 6.45) is 0. The lowest BCUT2D eigenvalue weighted by molar-refractivity contribution is 0.0691. The van der Waals surface area contributed by atoms with Crippen LogP contribution >= 0.6 is 15.9 Å². The first-order valence-corrected chi connectivity index (χ1v) is 6.95. The van der Waals surface area contributed by atoms with Crippen LogP contribution in [0.3, 0.4) is 0 Å². The normalized spacial score (nSPS) is 10.5. The van der Waals surface area contributed by atoms with Gasteiger partial charge in [-0.05, 0) is 35.0 Å². The van der Waals surface area contributed by atoms with Crippen molar-refractivity contribution in [2.24, 2.45) is 7.05 Å². The molecular formula is C14H15BrN2O4. The molecule has 112 valence electrons. The highest BCUT2D eigenvalue weighted by Gasteiger charge is 2.15. The minimum Gasteiger partial charge on any atom is -0.497 e. The number of carbonyl (C=O) groups is 1. The number of benzene rings is 1. The Hall–Kier alpha value is -2.02. The second-order valence-corrected chi connectivity index (χ2v) is 5.22. The predicted molar refractivity (Wildman–Crippen MR) is 79.9 cm³/mol. The van der Waals surface area contributed by atoms with Crippen molar-refractivity contribution in [3.63, 3.8) is 0 Å². The number of aromatic nitrogens is 2. The predicted octanol–water partition coefficient (Wildman–Crippen LogP) is 2.78. The maximum Gasteiger partial charge on any atom is 0.339 e. The first-order valence-electron chi connectivity index (χ1n) is 6.16. The van der Waals surface area contributed by atoms with Crippen LogP contribution in [0.1, 0.15) is 21.7 Å². The summed E-state index contributed by atoms with van der Waals surface area (Å²) in [4.78, 5) is 11.2. The summed E-state index contributed by atoms with van der Waals surface area (Å²) in [5.74, 6) is -0.254. The molecule has 0 fully saturated rings. The molecule has 0 bridgehead atoms. The fraction of sp³-hybridized carbons (Fsp3) is 0.286. The number of hydrogen-bond acceptors (Lipinski definition) is 4. The number of rotatable bonds is 5. The summed E-state index contributed by atoms with van der Waals surface area (Å²) in [6, 6.07) is 4.60. The summed E-state index contributed by atoms with van der Waals surface area (Å²) in [5.41, 5.74) is 1.76. The molecule has 0 aliphatic rings. The smallest absolute Gasteiger partial charge is 0.339 e. The van der Waals surface area contributed by atoms with Crippen LogP contribution in [0.25, 0.3) is 0 Å². The fourth-order valence-electron chi connectivity index (χ4n) is 1.91. The van der Waals surface area contributed by atoms with Crippen molar-refractivity contribution in [3.05, 3.63) is 39.6 Å². The van der Waals surface area contributed by atoms with Gasteiger partial charge in [0.2, 0.25) is 0 Å². The number of carboxylic acids is 1. The van der Waals surface area contributed by atoms with Crippen molar-refractivity contribution in [1.29, 1.82) is 0 Å². The number of aryl methyl sites for hydroxylation is 2. The fourth-order valence-corrected chi connectivity index (χ4v) is 2.36. The third kappa shape index (κ3) is 3.18. The van der Waals surface area contributed by atoms with Crippen molar-refractivity contribution in [1.82, 2.24) is 9.78 Å². The van der Waals surface area contributed by atoms with Gasteiger partial charge < -0.3 is 14.6 Å². The Morgan fingerprint density at radius 3 is 2.71 bits per heavy atom. The van der Waals surface area contributed by atoms with Crippen LogP contribution < -0.4 is 9.47 Å². The summed E-state index contributed by atoms with van der Waals surface area (Å²) >= 11 is 3.45. The second kappa shape index (κ2) is 6.17. The zero-order valence-corrected chi connectivity index (χ0v) is 13.5. The van der Waals surface area contributed by atoms with E-state index in [0.29, 0.717) is 5.75 Å². The SMILES string of the molecule is COc1ccc(C(=O)O)c(OCc2c(Br)c(C)nn2C)c1. The van der Waals surface area contributed by atoms with E-state index in [1.807, 2.05) is 6.92 Å². The van der Waals surface area contributed by atoms with E-state index in [4.69, 9.17) is 9.47 Å². The Bertz CT molecular complexity index is 682. The number of carboxylic acid groups (broad SMARTS) is 1. The molecule has 2 aromatic rings. The summed E-state index contributed by atoms with van der Waals surface area (Å²) in [6.45, 7) is 2.08. The number of ether oxygens (including phenoxy) is 2. The minimum absolute atomic E-state index is 0.0887.